The second-order valence-corrected chi connectivity index (χ2v) is 10.4. The Labute approximate surface area is 189 Å². The van der Waals surface area contributed by atoms with Gasteiger partial charge in [0.1, 0.15) is 18.8 Å². The van der Waals surface area contributed by atoms with E-state index in [9.17, 15) is 14.4 Å². The summed E-state index contributed by atoms with van der Waals surface area (Å²) in [7, 11) is 0. The molecule has 0 aromatic heterocycles. The first-order valence-corrected chi connectivity index (χ1v) is 10.8. The smallest absolute Gasteiger partial charge is 0.330 e. The van der Waals surface area contributed by atoms with Crippen LogP contribution in [0.25, 0.3) is 0 Å². The van der Waals surface area contributed by atoms with Crippen LogP contribution in [0.5, 0.6) is 0 Å². The second kappa shape index (κ2) is 9.49. The largest absolute Gasteiger partial charge is 0.463 e. The lowest BCUT2D eigenvalue weighted by Gasteiger charge is -2.30. The fourth-order valence-electron chi connectivity index (χ4n) is 3.10. The molecular formula is C23H36O9. The predicted octanol–water partition coefficient (Wildman–Crippen LogP) is 2.90. The molecular weight excluding hydrogens is 420 g/mol. The van der Waals surface area contributed by atoms with E-state index >= 15 is 0 Å². The van der Waals surface area contributed by atoms with Crippen molar-refractivity contribution in [2.45, 2.75) is 92.7 Å². The zero-order valence-corrected chi connectivity index (χ0v) is 20.5. The van der Waals surface area contributed by atoms with Crippen molar-refractivity contribution in [3.63, 3.8) is 0 Å². The zero-order chi connectivity index (χ0) is 24.5. The lowest BCUT2D eigenvalue weighted by atomic mass is 9.96. The minimum atomic E-state index is -1.02. The summed E-state index contributed by atoms with van der Waals surface area (Å²) >= 11 is 0. The average Bonchev–Trinajstić information content (AvgIpc) is 3.09. The second-order valence-electron chi connectivity index (χ2n) is 10.4. The van der Waals surface area contributed by atoms with Gasteiger partial charge in [0.25, 0.3) is 0 Å². The van der Waals surface area contributed by atoms with Crippen LogP contribution in [0.15, 0.2) is 11.6 Å². The van der Waals surface area contributed by atoms with Gasteiger partial charge in [-0.3, -0.25) is 9.59 Å². The van der Waals surface area contributed by atoms with Gasteiger partial charge >= 0.3 is 17.9 Å². The monoisotopic (exact) mass is 456 g/mol. The van der Waals surface area contributed by atoms with Crippen LogP contribution in [0.2, 0.25) is 0 Å². The summed E-state index contributed by atoms with van der Waals surface area (Å²) in [6.45, 7) is 15.4. The van der Waals surface area contributed by atoms with Crippen molar-refractivity contribution in [2.75, 3.05) is 13.2 Å². The third-order valence-corrected chi connectivity index (χ3v) is 4.77. The van der Waals surface area contributed by atoms with Gasteiger partial charge in [-0.05, 0) is 62.3 Å². The highest BCUT2D eigenvalue weighted by molar-refractivity contribution is 5.83. The van der Waals surface area contributed by atoms with Gasteiger partial charge in [-0.25, -0.2) is 4.79 Å². The molecule has 182 valence electrons. The van der Waals surface area contributed by atoms with Crippen molar-refractivity contribution in [1.82, 2.24) is 0 Å². The van der Waals surface area contributed by atoms with Gasteiger partial charge in [0.05, 0.1) is 17.4 Å². The highest BCUT2D eigenvalue weighted by atomic mass is 16.8. The maximum atomic E-state index is 12.7. The van der Waals surface area contributed by atoms with Crippen molar-refractivity contribution in [1.29, 1.82) is 0 Å². The van der Waals surface area contributed by atoms with Crippen molar-refractivity contribution in [3.8, 4) is 0 Å². The number of hydrogen-bond donors (Lipinski definition) is 0. The summed E-state index contributed by atoms with van der Waals surface area (Å²) in [5.74, 6) is -2.48. The Balaban J connectivity index is 2.36. The molecule has 2 fully saturated rings. The highest BCUT2D eigenvalue weighted by Gasteiger charge is 2.55. The number of carbonyl (C=O) groups is 3. The molecule has 2 aliphatic heterocycles. The lowest BCUT2D eigenvalue weighted by Crippen LogP contribution is -2.42. The van der Waals surface area contributed by atoms with Crippen LogP contribution in [-0.4, -0.2) is 61.5 Å². The topological polar surface area (TPSA) is 107 Å². The Morgan fingerprint density at radius 1 is 1.00 bits per heavy atom. The summed E-state index contributed by atoms with van der Waals surface area (Å²) in [5.41, 5.74) is -1.15. The van der Waals surface area contributed by atoms with Crippen LogP contribution in [0.3, 0.4) is 0 Å². The molecule has 0 aromatic carbocycles. The van der Waals surface area contributed by atoms with E-state index in [2.05, 4.69) is 0 Å². The van der Waals surface area contributed by atoms with Crippen molar-refractivity contribution in [2.24, 2.45) is 10.8 Å². The molecule has 0 aliphatic carbocycles. The van der Waals surface area contributed by atoms with Gasteiger partial charge in [0, 0.05) is 11.6 Å². The van der Waals surface area contributed by atoms with Crippen LogP contribution < -0.4 is 0 Å². The zero-order valence-electron chi connectivity index (χ0n) is 20.5. The van der Waals surface area contributed by atoms with Gasteiger partial charge < -0.3 is 28.4 Å². The van der Waals surface area contributed by atoms with Gasteiger partial charge in [-0.1, -0.05) is 0 Å². The van der Waals surface area contributed by atoms with Gasteiger partial charge in [-0.2, -0.15) is 0 Å². The first kappa shape index (κ1) is 26.3. The van der Waals surface area contributed by atoms with Crippen molar-refractivity contribution in [3.05, 3.63) is 11.6 Å². The van der Waals surface area contributed by atoms with Crippen molar-refractivity contribution < 1.29 is 42.8 Å². The lowest BCUT2D eigenvalue weighted by molar-refractivity contribution is -0.216. The van der Waals surface area contributed by atoms with Gasteiger partial charge in [-0.15, -0.1) is 0 Å². The minimum absolute atomic E-state index is 0.191. The minimum Gasteiger partial charge on any atom is -0.463 e. The number of carbonyl (C=O) groups excluding carboxylic acids is 3. The van der Waals surface area contributed by atoms with Crippen LogP contribution in [0, 0.1) is 10.8 Å². The van der Waals surface area contributed by atoms with E-state index in [0.29, 0.717) is 5.57 Å². The predicted molar refractivity (Wildman–Crippen MR) is 113 cm³/mol. The molecule has 0 unspecified atom stereocenters. The van der Waals surface area contributed by atoms with Crippen LogP contribution in [0.1, 0.15) is 62.3 Å². The molecule has 0 bridgehead atoms. The molecule has 0 amide bonds. The molecule has 2 saturated heterocycles. The van der Waals surface area contributed by atoms with Gasteiger partial charge in [0.2, 0.25) is 0 Å². The maximum Gasteiger partial charge on any atom is 0.330 e. The van der Waals surface area contributed by atoms with E-state index < -0.39 is 59.1 Å². The number of fused-ring (bicyclic) bond motifs is 1. The van der Waals surface area contributed by atoms with Crippen molar-refractivity contribution >= 4 is 17.9 Å². The Morgan fingerprint density at radius 2 is 1.59 bits per heavy atom. The number of hydrogen-bond acceptors (Lipinski definition) is 9. The summed E-state index contributed by atoms with van der Waals surface area (Å²) in [6, 6.07) is 0. The number of esters is 3. The molecule has 0 aromatic rings. The van der Waals surface area contributed by atoms with Gasteiger partial charge in [0.15, 0.2) is 18.2 Å². The molecule has 32 heavy (non-hydrogen) atoms. The van der Waals surface area contributed by atoms with Crippen LogP contribution >= 0.6 is 0 Å². The molecule has 0 radical (unpaired) electrons. The van der Waals surface area contributed by atoms with E-state index in [-0.39, 0.29) is 13.2 Å². The summed E-state index contributed by atoms with van der Waals surface area (Å²) < 4.78 is 33.9. The Hall–Kier alpha value is -1.97. The van der Waals surface area contributed by atoms with E-state index in [1.165, 1.54) is 6.08 Å². The molecule has 9 nitrogen and oxygen atoms in total. The van der Waals surface area contributed by atoms with E-state index in [0.717, 1.165) is 0 Å². The molecule has 4 atom stereocenters. The molecule has 2 aliphatic rings. The normalized spacial score (nSPS) is 27.0. The first-order valence-electron chi connectivity index (χ1n) is 10.8. The third-order valence-electron chi connectivity index (χ3n) is 4.77. The molecule has 0 N–H and O–H groups in total. The summed E-state index contributed by atoms with van der Waals surface area (Å²) in [4.78, 5) is 37.3. The SMILES string of the molecule is CCOC(=O)/C=C1\[C@H]2OC(C)(C)O[C@H]2O[C@@H]1[C@@H](COC(=O)C(C)(C)C)OC(=O)C(C)(C)C. The van der Waals surface area contributed by atoms with Crippen LogP contribution in [0.4, 0.5) is 0 Å². The molecule has 2 heterocycles. The molecule has 9 heteroatoms. The van der Waals surface area contributed by atoms with E-state index in [1.54, 1.807) is 62.3 Å². The fraction of sp³-hybridized carbons (Fsp3) is 0.783. The molecule has 0 spiro atoms. The fourth-order valence-corrected chi connectivity index (χ4v) is 3.10. The average molecular weight is 457 g/mol. The van der Waals surface area contributed by atoms with E-state index in [4.69, 9.17) is 28.4 Å². The van der Waals surface area contributed by atoms with E-state index in [1.807, 2.05) is 0 Å². The number of rotatable bonds is 6. The number of ether oxygens (including phenoxy) is 6. The summed E-state index contributed by atoms with van der Waals surface area (Å²) in [5, 5.41) is 0. The third kappa shape index (κ3) is 6.52. The Morgan fingerprint density at radius 3 is 2.12 bits per heavy atom. The summed E-state index contributed by atoms with van der Waals surface area (Å²) in [6.07, 6.45) is -2.19. The maximum absolute atomic E-state index is 12.7. The standard InChI is InChI=1S/C23H36O9/c1-10-27-15(24)11-13-16(30-18-17(13)31-23(8,9)32-18)14(29-20(26)22(5,6)7)12-28-19(25)21(2,3)4/h11,14,16-18H,10,12H2,1-9H3/b13-11-/t14-,16+,17-,18-/m1/s1. The highest BCUT2D eigenvalue weighted by Crippen LogP contribution is 2.42. The Kier molecular flexibility index (Phi) is 7.79. The van der Waals surface area contributed by atoms with Crippen LogP contribution in [-0.2, 0) is 42.8 Å². The molecule has 0 saturated carbocycles. The quantitative estimate of drug-likeness (QED) is 0.339. The first-order chi connectivity index (χ1) is 14.5. The Bertz CT molecular complexity index is 754. The molecule has 2 rings (SSSR count).